The van der Waals surface area contributed by atoms with Gasteiger partial charge in [-0.15, -0.1) is 0 Å². The Labute approximate surface area is 112 Å². The normalized spacial score (nSPS) is 23.2. The van der Waals surface area contributed by atoms with Gasteiger partial charge < -0.3 is 4.74 Å². The van der Waals surface area contributed by atoms with Crippen molar-refractivity contribution in [2.45, 2.75) is 38.0 Å². The summed E-state index contributed by atoms with van der Waals surface area (Å²) in [7, 11) is -3.26. The molecule has 0 aromatic heterocycles. The molecule has 0 spiro atoms. The molecule has 0 aromatic rings. The molecule has 0 aliphatic carbocycles. The van der Waals surface area contributed by atoms with E-state index in [1.54, 1.807) is 13.8 Å². The lowest BCUT2D eigenvalue weighted by atomic mass is 10.1. The highest BCUT2D eigenvalue weighted by Gasteiger charge is 2.40. The van der Waals surface area contributed by atoms with Crippen LogP contribution in [0.4, 0.5) is 4.79 Å². The van der Waals surface area contributed by atoms with E-state index in [4.69, 9.17) is 0 Å². The molecule has 2 aliphatic heterocycles. The van der Waals surface area contributed by atoms with Crippen molar-refractivity contribution in [2.24, 2.45) is 0 Å². The minimum absolute atomic E-state index is 0.205. The minimum atomic E-state index is -3.26. The van der Waals surface area contributed by atoms with Crippen LogP contribution in [0.15, 0.2) is 0 Å². The highest BCUT2D eigenvalue weighted by Crippen LogP contribution is 2.23. The van der Waals surface area contributed by atoms with E-state index in [-0.39, 0.29) is 18.6 Å². The fourth-order valence-corrected chi connectivity index (χ4v) is 3.69. The number of piperidine rings is 1. The number of amides is 2. The quantitative estimate of drug-likeness (QED) is 0.739. The molecule has 0 atom stereocenters. The molecule has 2 aliphatic rings. The van der Waals surface area contributed by atoms with Crippen LogP contribution in [0.2, 0.25) is 0 Å². The lowest BCUT2D eigenvalue weighted by Gasteiger charge is -2.34. The van der Waals surface area contributed by atoms with Gasteiger partial charge in [0.2, 0.25) is 10.0 Å². The summed E-state index contributed by atoms with van der Waals surface area (Å²) in [6.07, 6.45) is 0.315. The average Bonchev–Trinajstić information content (AvgIpc) is 2.69. The molecular weight excluding hydrogens is 272 g/mol. The number of nitrogens with zero attached hydrogens (tertiary/aromatic N) is 2. The molecule has 2 fully saturated rings. The summed E-state index contributed by atoms with van der Waals surface area (Å²) in [4.78, 5) is 24.1. The second kappa shape index (κ2) is 5.09. The van der Waals surface area contributed by atoms with Gasteiger partial charge in [-0.3, -0.25) is 4.79 Å². The third-order valence-electron chi connectivity index (χ3n) is 3.53. The van der Waals surface area contributed by atoms with Gasteiger partial charge in [-0.05, 0) is 26.7 Å². The highest BCUT2D eigenvalue weighted by molar-refractivity contribution is 7.89. The zero-order chi connectivity index (χ0) is 14.2. The molecule has 7 nitrogen and oxygen atoms in total. The number of ether oxygens (including phenoxy) is 1. The smallest absolute Gasteiger partial charge is 0.417 e. The molecule has 108 valence electrons. The standard InChI is InChI=1S/C11H18N2O5S/c1-8(2)19(16,17)12-5-3-9(4-6-12)13-10(14)7-18-11(13)15/h8-9H,3-7H2,1-2H3. The van der Waals surface area contributed by atoms with Crippen molar-refractivity contribution in [2.75, 3.05) is 19.7 Å². The van der Waals surface area contributed by atoms with Crippen molar-refractivity contribution in [3.05, 3.63) is 0 Å². The lowest BCUT2D eigenvalue weighted by Crippen LogP contribution is -2.49. The third-order valence-corrected chi connectivity index (χ3v) is 5.81. The van der Waals surface area contributed by atoms with Gasteiger partial charge in [0.05, 0.1) is 5.25 Å². The molecule has 2 amide bonds. The van der Waals surface area contributed by atoms with Gasteiger partial charge in [0.15, 0.2) is 6.61 Å². The molecule has 0 saturated carbocycles. The maximum Gasteiger partial charge on any atom is 0.417 e. The predicted octanol–water partition coefficient (Wildman–Crippen LogP) is 0.168. The molecule has 8 heteroatoms. The van der Waals surface area contributed by atoms with E-state index in [1.807, 2.05) is 0 Å². The van der Waals surface area contributed by atoms with Crippen molar-refractivity contribution in [1.29, 1.82) is 0 Å². The van der Waals surface area contributed by atoms with Crippen LogP contribution in [0.1, 0.15) is 26.7 Å². The van der Waals surface area contributed by atoms with E-state index in [0.29, 0.717) is 25.9 Å². The molecule has 2 heterocycles. The van der Waals surface area contributed by atoms with Gasteiger partial charge >= 0.3 is 6.09 Å². The first-order valence-corrected chi connectivity index (χ1v) is 7.82. The maximum atomic E-state index is 12.0. The number of cyclic esters (lactones) is 1. The SMILES string of the molecule is CC(C)S(=O)(=O)N1CCC(N2C(=O)COC2=O)CC1. The van der Waals surface area contributed by atoms with E-state index in [1.165, 1.54) is 4.31 Å². The molecule has 2 saturated heterocycles. The Morgan fingerprint density at radius 2 is 1.79 bits per heavy atom. The van der Waals surface area contributed by atoms with Crippen LogP contribution in [0, 0.1) is 0 Å². The molecule has 0 unspecified atom stereocenters. The van der Waals surface area contributed by atoms with Crippen LogP contribution in [-0.4, -0.2) is 60.6 Å². The van der Waals surface area contributed by atoms with Crippen LogP contribution >= 0.6 is 0 Å². The van der Waals surface area contributed by atoms with Gasteiger partial charge in [0.1, 0.15) is 0 Å². The largest absolute Gasteiger partial charge is 0.439 e. The third kappa shape index (κ3) is 2.59. The van der Waals surface area contributed by atoms with Crippen molar-refractivity contribution in [3.8, 4) is 0 Å². The number of sulfonamides is 1. The molecule has 19 heavy (non-hydrogen) atoms. The van der Waals surface area contributed by atoms with E-state index in [0.717, 1.165) is 4.90 Å². The monoisotopic (exact) mass is 290 g/mol. The highest BCUT2D eigenvalue weighted by atomic mass is 32.2. The van der Waals surface area contributed by atoms with Crippen LogP contribution in [0.25, 0.3) is 0 Å². The van der Waals surface area contributed by atoms with Gasteiger partial charge in [-0.25, -0.2) is 22.4 Å². The van der Waals surface area contributed by atoms with Gasteiger partial charge in [0, 0.05) is 19.1 Å². The van der Waals surface area contributed by atoms with Crippen LogP contribution in [-0.2, 0) is 19.6 Å². The zero-order valence-electron chi connectivity index (χ0n) is 11.0. The van der Waals surface area contributed by atoms with Crippen LogP contribution in [0.5, 0.6) is 0 Å². The molecular formula is C11H18N2O5S. The average molecular weight is 290 g/mol. The molecule has 0 N–H and O–H groups in total. The van der Waals surface area contributed by atoms with E-state index < -0.39 is 21.4 Å². The second-order valence-electron chi connectivity index (χ2n) is 5.04. The fraction of sp³-hybridized carbons (Fsp3) is 0.818. The van der Waals surface area contributed by atoms with Crippen molar-refractivity contribution >= 4 is 22.0 Å². The Bertz CT molecular complexity index is 463. The summed E-state index contributed by atoms with van der Waals surface area (Å²) in [5.41, 5.74) is 0. The summed E-state index contributed by atoms with van der Waals surface area (Å²) in [5.74, 6) is -0.338. The maximum absolute atomic E-state index is 12.0. The summed E-state index contributed by atoms with van der Waals surface area (Å²) in [6.45, 7) is 3.75. The van der Waals surface area contributed by atoms with E-state index >= 15 is 0 Å². The summed E-state index contributed by atoms with van der Waals surface area (Å²) < 4.78 is 30.1. The van der Waals surface area contributed by atoms with Gasteiger partial charge in [-0.2, -0.15) is 0 Å². The van der Waals surface area contributed by atoms with Gasteiger partial charge in [-0.1, -0.05) is 0 Å². The van der Waals surface area contributed by atoms with Crippen molar-refractivity contribution in [3.63, 3.8) is 0 Å². The Morgan fingerprint density at radius 1 is 1.21 bits per heavy atom. The van der Waals surface area contributed by atoms with E-state index in [9.17, 15) is 18.0 Å². The molecule has 0 radical (unpaired) electrons. The topological polar surface area (TPSA) is 84.0 Å². The Morgan fingerprint density at radius 3 is 2.21 bits per heavy atom. The number of carbonyl (C=O) groups excluding carboxylic acids is 2. The predicted molar refractivity (Wildman–Crippen MR) is 66.8 cm³/mol. The summed E-state index contributed by atoms with van der Waals surface area (Å²) in [5, 5.41) is -0.456. The zero-order valence-corrected chi connectivity index (χ0v) is 11.9. The Kier molecular flexibility index (Phi) is 3.82. The number of imide groups is 1. The van der Waals surface area contributed by atoms with Crippen molar-refractivity contribution in [1.82, 2.24) is 9.21 Å². The number of hydrogen-bond donors (Lipinski definition) is 0. The second-order valence-corrected chi connectivity index (χ2v) is 7.53. The number of carbonyl (C=O) groups is 2. The van der Waals surface area contributed by atoms with Gasteiger partial charge in [0.25, 0.3) is 5.91 Å². The Hall–Kier alpha value is -1.15. The molecule has 0 bridgehead atoms. The lowest BCUT2D eigenvalue weighted by molar-refractivity contribution is -0.127. The first-order chi connectivity index (χ1) is 8.84. The van der Waals surface area contributed by atoms with Crippen LogP contribution in [0.3, 0.4) is 0 Å². The van der Waals surface area contributed by atoms with E-state index in [2.05, 4.69) is 4.74 Å². The Balaban J connectivity index is 2.00. The fourth-order valence-electron chi connectivity index (χ4n) is 2.37. The first-order valence-electron chi connectivity index (χ1n) is 6.32. The number of rotatable bonds is 3. The summed E-state index contributed by atoms with van der Waals surface area (Å²) >= 11 is 0. The number of hydrogen-bond acceptors (Lipinski definition) is 5. The van der Waals surface area contributed by atoms with Crippen LogP contribution < -0.4 is 0 Å². The minimum Gasteiger partial charge on any atom is -0.439 e. The molecule has 0 aromatic carbocycles. The first kappa shape index (κ1) is 14.3. The van der Waals surface area contributed by atoms with Crippen molar-refractivity contribution < 1.29 is 22.7 Å². The molecule has 2 rings (SSSR count). The summed E-state index contributed by atoms with van der Waals surface area (Å²) in [6, 6.07) is -0.249.